The van der Waals surface area contributed by atoms with Crippen LogP contribution in [0, 0.1) is 0 Å². The van der Waals surface area contributed by atoms with Crippen LogP contribution in [0.15, 0.2) is 47.4 Å². The number of fused-ring (bicyclic) bond motifs is 1. The van der Waals surface area contributed by atoms with Gasteiger partial charge in [0, 0.05) is 5.57 Å². The highest BCUT2D eigenvalue weighted by atomic mass is 32.2. The topological polar surface area (TPSA) is 63.2 Å². The van der Waals surface area contributed by atoms with Crippen LogP contribution in [0.25, 0.3) is 16.3 Å². The van der Waals surface area contributed by atoms with E-state index in [0.29, 0.717) is 11.8 Å². The van der Waals surface area contributed by atoms with Crippen LogP contribution in [-0.4, -0.2) is 17.4 Å². The Labute approximate surface area is 118 Å². The van der Waals surface area contributed by atoms with Crippen LogP contribution in [0.1, 0.15) is 5.56 Å². The van der Waals surface area contributed by atoms with Gasteiger partial charge in [-0.15, -0.1) is 0 Å². The average molecular weight is 283 g/mol. The average Bonchev–Trinajstić information content (AvgIpc) is 2.79. The Kier molecular flexibility index (Phi) is 3.12. The zero-order chi connectivity index (χ0) is 14.1. The summed E-state index contributed by atoms with van der Waals surface area (Å²) in [7, 11) is 0. The van der Waals surface area contributed by atoms with Crippen molar-refractivity contribution < 1.29 is 14.4 Å². The minimum Gasteiger partial charge on any atom is -0.298 e. The van der Waals surface area contributed by atoms with E-state index < -0.39 is 11.1 Å². The van der Waals surface area contributed by atoms with Crippen LogP contribution in [0.3, 0.4) is 0 Å². The van der Waals surface area contributed by atoms with Crippen molar-refractivity contribution in [3.63, 3.8) is 0 Å². The molecule has 1 N–H and O–H groups in total. The van der Waals surface area contributed by atoms with Crippen molar-refractivity contribution >= 4 is 45.5 Å². The summed E-state index contributed by atoms with van der Waals surface area (Å²) in [5.74, 6) is -0.518. The van der Waals surface area contributed by atoms with Crippen LogP contribution in [0.2, 0.25) is 0 Å². The van der Waals surface area contributed by atoms with Crippen molar-refractivity contribution in [1.82, 2.24) is 5.32 Å². The van der Waals surface area contributed by atoms with Gasteiger partial charge < -0.3 is 0 Å². The maximum absolute atomic E-state index is 11.7. The lowest BCUT2D eigenvalue weighted by Crippen LogP contribution is -2.18. The SMILES string of the molecule is O=CC(=C1SC(=O)NC1=O)c1cccc2ccccc12. The van der Waals surface area contributed by atoms with Crippen molar-refractivity contribution in [2.75, 3.05) is 0 Å². The van der Waals surface area contributed by atoms with Crippen LogP contribution >= 0.6 is 11.8 Å². The Balaban J connectivity index is 2.28. The zero-order valence-corrected chi connectivity index (χ0v) is 11.1. The molecule has 0 unspecified atom stereocenters. The first-order chi connectivity index (χ1) is 9.70. The molecule has 2 amide bonds. The predicted octanol–water partition coefficient (Wildman–Crippen LogP) is 2.73. The lowest BCUT2D eigenvalue weighted by molar-refractivity contribution is -0.115. The summed E-state index contributed by atoms with van der Waals surface area (Å²) in [4.78, 5) is 34.6. The van der Waals surface area contributed by atoms with Gasteiger partial charge in [-0.2, -0.15) is 0 Å². The lowest BCUT2D eigenvalue weighted by atomic mass is 9.98. The van der Waals surface area contributed by atoms with Gasteiger partial charge in [-0.3, -0.25) is 19.7 Å². The Morgan fingerprint density at radius 1 is 1.05 bits per heavy atom. The molecule has 0 radical (unpaired) electrons. The van der Waals surface area contributed by atoms with E-state index in [0.717, 1.165) is 22.5 Å². The van der Waals surface area contributed by atoms with E-state index in [4.69, 9.17) is 0 Å². The smallest absolute Gasteiger partial charge is 0.290 e. The highest BCUT2D eigenvalue weighted by Gasteiger charge is 2.29. The van der Waals surface area contributed by atoms with Gasteiger partial charge in [0.25, 0.3) is 11.1 Å². The highest BCUT2D eigenvalue weighted by molar-refractivity contribution is 8.18. The molecule has 1 saturated heterocycles. The molecule has 1 heterocycles. The second-order valence-corrected chi connectivity index (χ2v) is 5.21. The third-order valence-corrected chi connectivity index (χ3v) is 3.96. The molecule has 0 bridgehead atoms. The summed E-state index contributed by atoms with van der Waals surface area (Å²) in [6.07, 6.45) is 0.627. The van der Waals surface area contributed by atoms with Crippen molar-refractivity contribution in [1.29, 1.82) is 0 Å². The molecule has 4 nitrogen and oxygen atoms in total. The summed E-state index contributed by atoms with van der Waals surface area (Å²) in [6, 6.07) is 13.1. The molecule has 0 atom stereocenters. The maximum atomic E-state index is 11.7. The number of nitrogens with one attached hydrogen (secondary N) is 1. The molecule has 20 heavy (non-hydrogen) atoms. The van der Waals surface area contributed by atoms with Crippen molar-refractivity contribution in [2.45, 2.75) is 0 Å². The molecule has 1 fully saturated rings. The monoisotopic (exact) mass is 283 g/mol. The summed E-state index contributed by atoms with van der Waals surface area (Å²) < 4.78 is 0. The normalized spacial score (nSPS) is 17.2. The number of hydrogen-bond acceptors (Lipinski definition) is 4. The number of amides is 2. The molecule has 0 aliphatic carbocycles. The fourth-order valence-electron chi connectivity index (χ4n) is 2.19. The number of carbonyl (C=O) groups is 3. The third kappa shape index (κ3) is 2.02. The lowest BCUT2D eigenvalue weighted by Gasteiger charge is -2.07. The van der Waals surface area contributed by atoms with Gasteiger partial charge in [0.15, 0.2) is 6.29 Å². The molecule has 1 aliphatic heterocycles. The Morgan fingerprint density at radius 2 is 1.80 bits per heavy atom. The first-order valence-corrected chi connectivity index (χ1v) is 6.73. The van der Waals surface area contributed by atoms with Gasteiger partial charge in [-0.25, -0.2) is 0 Å². The molecule has 0 spiro atoms. The predicted molar refractivity (Wildman–Crippen MR) is 78.1 cm³/mol. The molecule has 0 aromatic heterocycles. The minimum absolute atomic E-state index is 0.154. The molecule has 3 rings (SSSR count). The number of carbonyl (C=O) groups excluding carboxylic acids is 3. The van der Waals surface area contributed by atoms with Gasteiger partial charge >= 0.3 is 0 Å². The van der Waals surface area contributed by atoms with Crippen molar-refractivity contribution in [2.24, 2.45) is 0 Å². The first-order valence-electron chi connectivity index (χ1n) is 5.91. The van der Waals surface area contributed by atoms with E-state index in [1.807, 2.05) is 36.4 Å². The summed E-state index contributed by atoms with van der Waals surface area (Å²) in [5, 5.41) is 3.56. The standard InChI is InChI=1S/C15H9NO3S/c17-8-12(13-14(18)16-15(19)20-13)11-7-3-5-9-4-1-2-6-10(9)11/h1-8H,(H,16,18,19). The van der Waals surface area contributed by atoms with Crippen LogP contribution in [-0.2, 0) is 9.59 Å². The number of thioether (sulfide) groups is 1. The van der Waals surface area contributed by atoms with Crippen molar-refractivity contribution in [3.05, 3.63) is 52.9 Å². The molecule has 2 aromatic rings. The van der Waals surface area contributed by atoms with E-state index in [2.05, 4.69) is 5.32 Å². The number of hydrogen-bond donors (Lipinski definition) is 1. The van der Waals surface area contributed by atoms with E-state index >= 15 is 0 Å². The summed E-state index contributed by atoms with van der Waals surface area (Å²) in [6.45, 7) is 0. The number of imide groups is 1. The van der Waals surface area contributed by atoms with E-state index in [1.165, 1.54) is 0 Å². The Bertz CT molecular complexity index is 774. The number of benzene rings is 2. The van der Waals surface area contributed by atoms with Gasteiger partial charge in [0.2, 0.25) is 0 Å². The molecule has 98 valence electrons. The zero-order valence-electron chi connectivity index (χ0n) is 10.3. The summed E-state index contributed by atoms with van der Waals surface area (Å²) in [5.41, 5.74) is 0.903. The molecule has 5 heteroatoms. The third-order valence-electron chi connectivity index (χ3n) is 3.06. The summed E-state index contributed by atoms with van der Waals surface area (Å²) >= 11 is 0.759. The van der Waals surface area contributed by atoms with Gasteiger partial charge in [-0.1, -0.05) is 42.5 Å². The fourth-order valence-corrected chi connectivity index (χ4v) is 2.93. The van der Waals surface area contributed by atoms with Gasteiger partial charge in [0.05, 0.1) is 4.91 Å². The number of allylic oxidation sites excluding steroid dienone is 1. The molecular formula is C15H9NO3S. The fraction of sp³-hybridized carbons (Fsp3) is 0. The van der Waals surface area contributed by atoms with Gasteiger partial charge in [-0.05, 0) is 28.1 Å². The van der Waals surface area contributed by atoms with E-state index in [1.54, 1.807) is 6.07 Å². The number of rotatable bonds is 2. The largest absolute Gasteiger partial charge is 0.298 e. The van der Waals surface area contributed by atoms with Crippen LogP contribution in [0.5, 0.6) is 0 Å². The highest BCUT2D eigenvalue weighted by Crippen LogP contribution is 2.33. The second kappa shape index (κ2) is 4.94. The first kappa shape index (κ1) is 12.6. The van der Waals surface area contributed by atoms with Gasteiger partial charge in [0.1, 0.15) is 0 Å². The molecule has 0 saturated carbocycles. The van der Waals surface area contributed by atoms with Crippen LogP contribution in [0.4, 0.5) is 4.79 Å². The molecular weight excluding hydrogens is 274 g/mol. The number of aldehydes is 1. The quantitative estimate of drug-likeness (QED) is 0.680. The Morgan fingerprint density at radius 3 is 2.50 bits per heavy atom. The van der Waals surface area contributed by atoms with E-state index in [9.17, 15) is 14.4 Å². The molecule has 2 aromatic carbocycles. The van der Waals surface area contributed by atoms with E-state index in [-0.39, 0.29) is 10.5 Å². The minimum atomic E-state index is -0.518. The van der Waals surface area contributed by atoms with Crippen molar-refractivity contribution in [3.8, 4) is 0 Å². The molecule has 1 aliphatic rings. The second-order valence-electron chi connectivity index (χ2n) is 4.23. The Hall–Kier alpha value is -2.40. The maximum Gasteiger partial charge on any atom is 0.290 e. The van der Waals surface area contributed by atoms with Crippen LogP contribution < -0.4 is 5.32 Å².